The Kier molecular flexibility index (Phi) is 5.65. The Labute approximate surface area is 102 Å². The number of rotatable bonds is 5. The van der Waals surface area contributed by atoms with E-state index in [1.807, 2.05) is 37.0 Å². The van der Waals surface area contributed by atoms with Crippen LogP contribution in [0.3, 0.4) is 0 Å². The first-order valence-corrected chi connectivity index (χ1v) is 6.60. The maximum Gasteiger partial charge on any atom is 0.0342 e. The largest absolute Gasteiger partial charge is 0.269 e. The van der Waals surface area contributed by atoms with E-state index < -0.39 is 0 Å². The second-order valence-electron chi connectivity index (χ2n) is 3.29. The monoisotopic (exact) mass is 231 g/mol. The molecular weight excluding hydrogens is 214 g/mol. The number of hydrogen-bond donors (Lipinski definition) is 0. The van der Waals surface area contributed by atoms with Crippen molar-refractivity contribution in [1.29, 1.82) is 0 Å². The Morgan fingerprint density at radius 3 is 2.81 bits per heavy atom. The highest BCUT2D eigenvalue weighted by Gasteiger charge is 2.03. The molecule has 0 saturated heterocycles. The third-order valence-corrected chi connectivity index (χ3v) is 2.81. The van der Waals surface area contributed by atoms with Crippen LogP contribution in [-0.4, -0.2) is 12.5 Å². The summed E-state index contributed by atoms with van der Waals surface area (Å²) >= 11 is 1.82. The average molecular weight is 231 g/mol. The molecule has 1 rings (SSSR count). The fraction of sp³-hybridized carbons (Fsp3) is 0.214. The summed E-state index contributed by atoms with van der Waals surface area (Å²) in [5, 5.41) is 0. The van der Waals surface area contributed by atoms with Crippen LogP contribution >= 0.6 is 11.8 Å². The summed E-state index contributed by atoms with van der Waals surface area (Å²) in [6.07, 6.45) is 7.59. The van der Waals surface area contributed by atoms with E-state index in [2.05, 4.69) is 36.0 Å². The van der Waals surface area contributed by atoms with E-state index in [4.69, 9.17) is 0 Å². The first-order valence-electron chi connectivity index (χ1n) is 5.21. The lowest BCUT2D eigenvalue weighted by molar-refractivity contribution is 1.38. The summed E-state index contributed by atoms with van der Waals surface area (Å²) in [6.45, 7) is 5.75. The van der Waals surface area contributed by atoms with Gasteiger partial charge >= 0.3 is 0 Å². The zero-order valence-corrected chi connectivity index (χ0v) is 10.6. The smallest absolute Gasteiger partial charge is 0.0342 e. The van der Waals surface area contributed by atoms with E-state index in [1.165, 1.54) is 11.1 Å². The highest BCUT2D eigenvalue weighted by Crippen LogP contribution is 2.23. The number of nitrogens with zero attached hydrogens (tertiary/aromatic N) is 1. The van der Waals surface area contributed by atoms with Crippen molar-refractivity contribution >= 4 is 23.5 Å². The molecule has 0 unspecified atom stereocenters. The van der Waals surface area contributed by atoms with E-state index in [0.717, 1.165) is 11.3 Å². The highest BCUT2D eigenvalue weighted by atomic mass is 32.2. The van der Waals surface area contributed by atoms with Gasteiger partial charge < -0.3 is 0 Å². The van der Waals surface area contributed by atoms with E-state index in [-0.39, 0.29) is 0 Å². The van der Waals surface area contributed by atoms with E-state index in [1.54, 1.807) is 6.21 Å². The fourth-order valence-electron chi connectivity index (χ4n) is 1.47. The molecule has 0 bridgehead atoms. The van der Waals surface area contributed by atoms with Gasteiger partial charge in [-0.15, -0.1) is 0 Å². The van der Waals surface area contributed by atoms with Crippen LogP contribution in [0.2, 0.25) is 0 Å². The Morgan fingerprint density at radius 1 is 1.44 bits per heavy atom. The maximum absolute atomic E-state index is 4.16. The van der Waals surface area contributed by atoms with E-state index in [0.29, 0.717) is 0 Å². The van der Waals surface area contributed by atoms with Gasteiger partial charge in [0.05, 0.1) is 0 Å². The summed E-state index contributed by atoms with van der Waals surface area (Å²) in [5.41, 5.74) is 3.62. The normalized spacial score (nSPS) is 12.0. The van der Waals surface area contributed by atoms with Crippen molar-refractivity contribution in [1.82, 2.24) is 0 Å². The number of thioether (sulfide) groups is 1. The van der Waals surface area contributed by atoms with Crippen molar-refractivity contribution in [2.24, 2.45) is 4.99 Å². The first kappa shape index (κ1) is 12.8. The number of hydrogen-bond acceptors (Lipinski definition) is 2. The van der Waals surface area contributed by atoms with E-state index >= 15 is 0 Å². The van der Waals surface area contributed by atoms with Crippen molar-refractivity contribution in [3.63, 3.8) is 0 Å². The predicted octanol–water partition coefficient (Wildman–Crippen LogP) is 4.17. The van der Waals surface area contributed by atoms with Crippen LogP contribution < -0.4 is 0 Å². The summed E-state index contributed by atoms with van der Waals surface area (Å²) < 4.78 is 0. The lowest BCUT2D eigenvalue weighted by Gasteiger charge is -2.08. The Bertz CT molecular complexity index is 405. The Hall–Kier alpha value is -1.28. The van der Waals surface area contributed by atoms with Gasteiger partial charge in [-0.25, -0.2) is 0 Å². The van der Waals surface area contributed by atoms with Gasteiger partial charge in [0.15, 0.2) is 0 Å². The quantitative estimate of drug-likeness (QED) is 0.547. The standard InChI is InChI=1S/C14H17NS/c1-4-12(10-15-5-2)14-9-7-6-8-13(14)11-16-3/h4-10H,1,11H2,2-3H3/b12-10+,15-5-. The number of aliphatic imine (C=N–C) groups is 1. The minimum atomic E-state index is 1.01. The van der Waals surface area contributed by atoms with Gasteiger partial charge in [-0.2, -0.15) is 11.8 Å². The molecule has 1 aromatic carbocycles. The minimum absolute atomic E-state index is 1.01. The topological polar surface area (TPSA) is 12.4 Å². The average Bonchev–Trinajstić information content (AvgIpc) is 2.32. The van der Waals surface area contributed by atoms with Crippen LogP contribution in [0.15, 0.2) is 48.1 Å². The molecule has 0 radical (unpaired) electrons. The fourth-order valence-corrected chi connectivity index (χ4v) is 2.03. The second kappa shape index (κ2) is 7.07. The molecule has 1 aromatic rings. The highest BCUT2D eigenvalue weighted by molar-refractivity contribution is 7.97. The molecule has 0 fully saturated rings. The summed E-state index contributed by atoms with van der Waals surface area (Å²) in [6, 6.07) is 8.38. The molecule has 1 nitrogen and oxygen atoms in total. The van der Waals surface area contributed by atoms with Crippen molar-refractivity contribution in [3.05, 3.63) is 54.2 Å². The van der Waals surface area contributed by atoms with Crippen molar-refractivity contribution < 1.29 is 0 Å². The SMILES string of the molecule is C=C/C(=C\N=C/C)c1ccccc1CSC. The second-order valence-corrected chi connectivity index (χ2v) is 4.15. The molecule has 16 heavy (non-hydrogen) atoms. The van der Waals surface area contributed by atoms with Gasteiger partial charge in [-0.05, 0) is 29.9 Å². The van der Waals surface area contributed by atoms with Crippen LogP contribution in [0, 0.1) is 0 Å². The molecular formula is C14H17NS. The third-order valence-electron chi connectivity index (χ3n) is 2.21. The molecule has 0 heterocycles. The van der Waals surface area contributed by atoms with Crippen LogP contribution in [0.1, 0.15) is 18.1 Å². The molecule has 84 valence electrons. The zero-order chi connectivity index (χ0) is 11.8. The van der Waals surface area contributed by atoms with Crippen LogP contribution in [0.25, 0.3) is 5.57 Å². The number of benzene rings is 1. The van der Waals surface area contributed by atoms with Gasteiger partial charge in [0.25, 0.3) is 0 Å². The molecule has 0 spiro atoms. The van der Waals surface area contributed by atoms with Gasteiger partial charge in [0.2, 0.25) is 0 Å². The maximum atomic E-state index is 4.16. The lowest BCUT2D eigenvalue weighted by atomic mass is 10.0. The van der Waals surface area contributed by atoms with Crippen LogP contribution in [0.5, 0.6) is 0 Å². The summed E-state index contributed by atoms with van der Waals surface area (Å²) in [7, 11) is 0. The van der Waals surface area contributed by atoms with Gasteiger partial charge in [-0.1, -0.05) is 36.9 Å². The molecule has 0 aliphatic heterocycles. The van der Waals surface area contributed by atoms with Crippen LogP contribution in [0.4, 0.5) is 0 Å². The molecule has 0 N–H and O–H groups in total. The molecule has 0 aliphatic rings. The van der Waals surface area contributed by atoms with Crippen LogP contribution in [-0.2, 0) is 5.75 Å². The predicted molar refractivity (Wildman–Crippen MR) is 76.0 cm³/mol. The lowest BCUT2D eigenvalue weighted by Crippen LogP contribution is -1.89. The molecule has 0 aliphatic carbocycles. The van der Waals surface area contributed by atoms with Gasteiger partial charge in [0.1, 0.15) is 0 Å². The van der Waals surface area contributed by atoms with E-state index in [9.17, 15) is 0 Å². The molecule has 0 aromatic heterocycles. The van der Waals surface area contributed by atoms with Gasteiger partial charge in [0, 0.05) is 18.2 Å². The Morgan fingerprint density at radius 2 is 2.19 bits per heavy atom. The summed E-state index contributed by atoms with van der Waals surface area (Å²) in [4.78, 5) is 4.16. The zero-order valence-electron chi connectivity index (χ0n) is 9.81. The molecule has 2 heteroatoms. The number of allylic oxidation sites excluding steroid dienone is 2. The summed E-state index contributed by atoms with van der Waals surface area (Å²) in [5.74, 6) is 1.01. The van der Waals surface area contributed by atoms with Crippen molar-refractivity contribution in [2.45, 2.75) is 12.7 Å². The van der Waals surface area contributed by atoms with Crippen molar-refractivity contribution in [3.8, 4) is 0 Å². The van der Waals surface area contributed by atoms with Crippen molar-refractivity contribution in [2.75, 3.05) is 6.26 Å². The first-order chi connectivity index (χ1) is 7.83. The molecule has 0 amide bonds. The third kappa shape index (κ3) is 3.38. The minimum Gasteiger partial charge on any atom is -0.269 e. The molecule has 0 saturated carbocycles. The molecule has 0 atom stereocenters. The Balaban J connectivity index is 3.13. The van der Waals surface area contributed by atoms with Gasteiger partial charge in [-0.3, -0.25) is 4.99 Å².